The topological polar surface area (TPSA) is 46.0 Å². The van der Waals surface area contributed by atoms with E-state index in [4.69, 9.17) is 9.97 Å². The Hall–Kier alpha value is -4.28. The molecule has 3 nitrogen and oxygen atoms in total. The molecule has 0 atom stereocenters. The number of fused-ring (bicyclic) bond motifs is 1. The molecule has 6 aromatic rings. The third-order valence-electron chi connectivity index (χ3n) is 7.79. The van der Waals surface area contributed by atoms with Crippen LogP contribution in [0.4, 0.5) is 0 Å². The van der Waals surface area contributed by atoms with Gasteiger partial charge in [-0.05, 0) is 81.1 Å². The summed E-state index contributed by atoms with van der Waals surface area (Å²) >= 11 is 1.63. The van der Waals surface area contributed by atoms with E-state index in [2.05, 4.69) is 102 Å². The Bertz CT molecular complexity index is 1910. The highest BCUT2D eigenvalue weighted by Gasteiger charge is 2.21. The Kier molecular flexibility index (Phi) is 6.98. The van der Waals surface area contributed by atoms with Crippen molar-refractivity contribution in [2.24, 2.45) is 0 Å². The zero-order chi connectivity index (χ0) is 29.6. The first-order valence-electron chi connectivity index (χ1n) is 14.4. The summed E-state index contributed by atoms with van der Waals surface area (Å²) < 4.78 is 1.11. The number of rotatable bonds is 4. The number of aromatic nitrogens is 2. The summed E-state index contributed by atoms with van der Waals surface area (Å²) in [6.45, 7) is 13.4. The molecule has 1 N–H and O–H groups in total. The van der Waals surface area contributed by atoms with Crippen molar-refractivity contribution in [2.45, 2.75) is 52.4 Å². The van der Waals surface area contributed by atoms with Crippen molar-refractivity contribution in [3.63, 3.8) is 0 Å². The first-order chi connectivity index (χ1) is 20.0. The number of benzene rings is 4. The average molecular weight is 569 g/mol. The maximum Gasteiger partial charge on any atom is 0.128 e. The molecule has 0 aliphatic carbocycles. The second kappa shape index (κ2) is 10.5. The zero-order valence-corrected chi connectivity index (χ0v) is 25.9. The van der Waals surface area contributed by atoms with Gasteiger partial charge < -0.3 is 5.11 Å². The van der Waals surface area contributed by atoms with Crippen LogP contribution in [0.2, 0.25) is 0 Å². The fraction of sp³-hybridized carbons (Fsp3) is 0.211. The van der Waals surface area contributed by atoms with Gasteiger partial charge in [-0.1, -0.05) is 96.1 Å². The molecule has 0 saturated heterocycles. The second-order valence-electron chi connectivity index (χ2n) is 13.0. The molecule has 2 aromatic heterocycles. The summed E-state index contributed by atoms with van der Waals surface area (Å²) in [5.74, 6) is 0.234. The van der Waals surface area contributed by atoms with Gasteiger partial charge in [0.1, 0.15) is 10.8 Å². The molecule has 0 amide bonds. The van der Waals surface area contributed by atoms with Gasteiger partial charge in [-0.3, -0.25) is 4.98 Å². The van der Waals surface area contributed by atoms with Crippen molar-refractivity contribution < 1.29 is 5.11 Å². The number of phenolic OH excluding ortho intramolecular Hbond substituents is 1. The van der Waals surface area contributed by atoms with Crippen LogP contribution in [-0.4, -0.2) is 15.1 Å². The largest absolute Gasteiger partial charge is 0.507 e. The van der Waals surface area contributed by atoms with E-state index in [1.54, 1.807) is 17.4 Å². The Balaban J connectivity index is 1.51. The van der Waals surface area contributed by atoms with Gasteiger partial charge in [0.05, 0.1) is 21.5 Å². The molecule has 210 valence electrons. The standard InChI is InChI=1S/C38H36N2OS/c1-37(2,3)28-17-18-39-32(22-28)27-14-10-13-26(19-27)30-21-29(38(4,5)6)23-34-35(30)40-36(42-34)31-20-25(15-16-33(31)41)24-11-8-7-9-12-24/h7-23,41H,1-6H3. The lowest BCUT2D eigenvalue weighted by Gasteiger charge is -2.21. The molecule has 42 heavy (non-hydrogen) atoms. The highest BCUT2D eigenvalue weighted by Crippen LogP contribution is 2.43. The lowest BCUT2D eigenvalue weighted by molar-refractivity contribution is 0.477. The summed E-state index contributed by atoms with van der Waals surface area (Å²) in [6.07, 6.45) is 1.91. The predicted molar refractivity (Wildman–Crippen MR) is 178 cm³/mol. The van der Waals surface area contributed by atoms with Gasteiger partial charge in [0.15, 0.2) is 0 Å². The van der Waals surface area contributed by atoms with Crippen LogP contribution in [0.25, 0.3) is 54.3 Å². The van der Waals surface area contributed by atoms with E-state index in [0.29, 0.717) is 0 Å². The van der Waals surface area contributed by atoms with E-state index in [1.807, 2.05) is 36.5 Å². The molecule has 0 saturated carbocycles. The fourth-order valence-electron chi connectivity index (χ4n) is 5.22. The predicted octanol–water partition coefficient (Wildman–Crippen LogP) is 10.7. The van der Waals surface area contributed by atoms with Gasteiger partial charge in [-0.2, -0.15) is 0 Å². The van der Waals surface area contributed by atoms with Crippen LogP contribution in [-0.2, 0) is 10.8 Å². The maximum atomic E-state index is 10.9. The van der Waals surface area contributed by atoms with Crippen LogP contribution in [0.5, 0.6) is 5.75 Å². The number of thiazole rings is 1. The molecule has 4 heteroatoms. The Morgan fingerprint density at radius 1 is 0.595 bits per heavy atom. The molecular weight excluding hydrogens is 532 g/mol. The lowest BCUT2D eigenvalue weighted by Crippen LogP contribution is -2.11. The van der Waals surface area contributed by atoms with E-state index in [-0.39, 0.29) is 16.6 Å². The van der Waals surface area contributed by atoms with Gasteiger partial charge in [-0.15, -0.1) is 11.3 Å². The van der Waals surface area contributed by atoms with Crippen molar-refractivity contribution in [2.75, 3.05) is 0 Å². The molecule has 0 radical (unpaired) electrons. The number of pyridine rings is 1. The third-order valence-corrected chi connectivity index (χ3v) is 8.83. The quantitative estimate of drug-likeness (QED) is 0.230. The zero-order valence-electron chi connectivity index (χ0n) is 25.1. The third kappa shape index (κ3) is 5.47. The minimum Gasteiger partial charge on any atom is -0.507 e. The molecule has 2 heterocycles. The molecule has 0 aliphatic heterocycles. The minimum absolute atomic E-state index is 0.0390. The molecule has 0 spiro atoms. The SMILES string of the molecule is CC(C)(C)c1ccnc(-c2cccc(-c3cc(C(C)(C)C)cc4sc(-c5cc(-c6ccccc6)ccc5O)nc34)c2)c1. The average Bonchev–Trinajstić information content (AvgIpc) is 3.41. The molecule has 0 bridgehead atoms. The molecular formula is C38H36N2OS. The molecule has 0 aliphatic rings. The highest BCUT2D eigenvalue weighted by molar-refractivity contribution is 7.21. The summed E-state index contributed by atoms with van der Waals surface area (Å²) in [5, 5.41) is 11.7. The number of nitrogens with zero attached hydrogens (tertiary/aromatic N) is 2. The summed E-state index contributed by atoms with van der Waals surface area (Å²) in [4.78, 5) is 9.89. The van der Waals surface area contributed by atoms with Crippen molar-refractivity contribution in [3.8, 4) is 49.8 Å². The van der Waals surface area contributed by atoms with Gasteiger partial charge in [0, 0.05) is 17.3 Å². The van der Waals surface area contributed by atoms with Crippen LogP contribution in [0.3, 0.4) is 0 Å². The summed E-state index contributed by atoms with van der Waals surface area (Å²) in [7, 11) is 0. The van der Waals surface area contributed by atoms with E-state index in [9.17, 15) is 5.11 Å². The Morgan fingerprint density at radius 2 is 1.31 bits per heavy atom. The lowest BCUT2D eigenvalue weighted by atomic mass is 9.85. The number of phenols is 1. The van der Waals surface area contributed by atoms with Crippen molar-refractivity contribution >= 4 is 21.6 Å². The van der Waals surface area contributed by atoms with Crippen LogP contribution < -0.4 is 0 Å². The molecule has 4 aromatic carbocycles. The summed E-state index contributed by atoms with van der Waals surface area (Å²) in [5.41, 5.74) is 10.6. The van der Waals surface area contributed by atoms with Gasteiger partial charge in [-0.25, -0.2) is 4.98 Å². The minimum atomic E-state index is -0.0390. The van der Waals surface area contributed by atoms with Crippen LogP contribution in [0.15, 0.2) is 103 Å². The molecule has 6 rings (SSSR count). The van der Waals surface area contributed by atoms with Crippen molar-refractivity contribution in [1.82, 2.24) is 9.97 Å². The van der Waals surface area contributed by atoms with Crippen LogP contribution >= 0.6 is 11.3 Å². The van der Waals surface area contributed by atoms with E-state index in [0.717, 1.165) is 54.3 Å². The first kappa shape index (κ1) is 27.9. The molecule has 0 unspecified atom stereocenters. The second-order valence-corrected chi connectivity index (χ2v) is 14.0. The van der Waals surface area contributed by atoms with Crippen molar-refractivity contribution in [1.29, 1.82) is 0 Å². The smallest absolute Gasteiger partial charge is 0.128 e. The highest BCUT2D eigenvalue weighted by atomic mass is 32.1. The number of hydrogen-bond acceptors (Lipinski definition) is 4. The molecule has 0 fully saturated rings. The Labute approximate surface area is 252 Å². The Morgan fingerprint density at radius 3 is 2.05 bits per heavy atom. The van der Waals surface area contributed by atoms with Gasteiger partial charge >= 0.3 is 0 Å². The first-order valence-corrected chi connectivity index (χ1v) is 15.2. The number of aromatic hydroxyl groups is 1. The monoisotopic (exact) mass is 568 g/mol. The van der Waals surface area contributed by atoms with Gasteiger partial charge in [0.25, 0.3) is 0 Å². The van der Waals surface area contributed by atoms with E-state index >= 15 is 0 Å². The van der Waals surface area contributed by atoms with Gasteiger partial charge in [0.2, 0.25) is 0 Å². The normalized spacial score (nSPS) is 12.1. The maximum absolute atomic E-state index is 10.9. The van der Waals surface area contributed by atoms with Crippen LogP contribution in [0.1, 0.15) is 52.7 Å². The van der Waals surface area contributed by atoms with E-state index in [1.165, 1.54) is 11.1 Å². The fourth-order valence-corrected chi connectivity index (χ4v) is 6.27. The number of hydrogen-bond donors (Lipinski definition) is 1. The van der Waals surface area contributed by atoms with Crippen LogP contribution in [0, 0.1) is 0 Å². The van der Waals surface area contributed by atoms with E-state index < -0.39 is 0 Å². The van der Waals surface area contributed by atoms with Crippen molar-refractivity contribution in [3.05, 3.63) is 114 Å². The summed E-state index contributed by atoms with van der Waals surface area (Å²) in [6, 6.07) is 33.5.